The lowest BCUT2D eigenvalue weighted by atomic mass is 9.91. The molecule has 0 spiro atoms. The Kier molecular flexibility index (Phi) is 8.38. The van der Waals surface area contributed by atoms with Gasteiger partial charge in [0.1, 0.15) is 11.5 Å². The maximum absolute atomic E-state index is 13.5. The Morgan fingerprint density at radius 1 is 1.07 bits per heavy atom. The van der Waals surface area contributed by atoms with E-state index in [4.69, 9.17) is 9.47 Å². The molecule has 208 valence electrons. The number of Topliss-reactive ketones (excluding diaryl/α,β-unsaturated/α-hetero) is 1. The summed E-state index contributed by atoms with van der Waals surface area (Å²) in [7, 11) is 1.59. The fourth-order valence-electron chi connectivity index (χ4n) is 4.88. The summed E-state index contributed by atoms with van der Waals surface area (Å²) in [6.45, 7) is 9.48. The molecule has 4 rings (SSSR count). The number of ketones is 1. The van der Waals surface area contributed by atoms with Crippen molar-refractivity contribution in [2.75, 3.05) is 7.11 Å². The molecular weight excluding hydrogens is 508 g/mol. The van der Waals surface area contributed by atoms with Crippen molar-refractivity contribution in [1.29, 1.82) is 0 Å². The second-order valence-electron chi connectivity index (χ2n) is 10.4. The standard InChI is InChI=1S/C32H34N2O6/c1-18(2)24-15-25(20(5)14-26(24)39-6)29(35)27-28(23-8-7-13-33-16-23)34(31(37)30(27)36)17-21-9-11-22(12-10-21)32(38)40-19(3)4/h7-16,18-19,28,35H,17H2,1-6H3/b29-27+. The quantitative estimate of drug-likeness (QED) is 0.168. The lowest BCUT2D eigenvalue weighted by Crippen LogP contribution is -2.29. The van der Waals surface area contributed by atoms with E-state index >= 15 is 0 Å². The number of esters is 1. The maximum atomic E-state index is 13.5. The van der Waals surface area contributed by atoms with Crippen LogP contribution < -0.4 is 4.74 Å². The maximum Gasteiger partial charge on any atom is 0.338 e. The van der Waals surface area contributed by atoms with Crippen LogP contribution in [0.1, 0.15) is 77.8 Å². The molecule has 8 nitrogen and oxygen atoms in total. The monoisotopic (exact) mass is 542 g/mol. The zero-order valence-electron chi connectivity index (χ0n) is 23.6. The van der Waals surface area contributed by atoms with Gasteiger partial charge in [0.15, 0.2) is 0 Å². The van der Waals surface area contributed by atoms with Crippen LogP contribution in [0, 0.1) is 6.92 Å². The third kappa shape index (κ3) is 5.61. The van der Waals surface area contributed by atoms with Crippen molar-refractivity contribution in [3.63, 3.8) is 0 Å². The molecule has 0 saturated carbocycles. The first kappa shape index (κ1) is 28.5. The predicted octanol–water partition coefficient (Wildman–Crippen LogP) is 5.71. The highest BCUT2D eigenvalue weighted by Gasteiger charge is 2.46. The number of methoxy groups -OCH3 is 1. The van der Waals surface area contributed by atoms with Crippen molar-refractivity contribution in [2.45, 2.75) is 59.2 Å². The van der Waals surface area contributed by atoms with Gasteiger partial charge < -0.3 is 19.5 Å². The van der Waals surface area contributed by atoms with E-state index in [-0.39, 0.29) is 29.9 Å². The van der Waals surface area contributed by atoms with Crippen LogP contribution in [-0.4, -0.2) is 45.9 Å². The number of aliphatic hydroxyl groups is 1. The molecule has 8 heteroatoms. The zero-order valence-corrected chi connectivity index (χ0v) is 23.6. The smallest absolute Gasteiger partial charge is 0.338 e. The topological polar surface area (TPSA) is 106 Å². The highest BCUT2D eigenvalue weighted by Crippen LogP contribution is 2.41. The van der Waals surface area contributed by atoms with Gasteiger partial charge in [-0.1, -0.05) is 32.0 Å². The number of amides is 1. The van der Waals surface area contributed by atoms with Crippen LogP contribution in [0.25, 0.3) is 5.76 Å². The summed E-state index contributed by atoms with van der Waals surface area (Å²) in [6, 6.07) is 13.0. The number of nitrogens with zero attached hydrogens (tertiary/aromatic N) is 2. The molecule has 3 aromatic rings. The van der Waals surface area contributed by atoms with E-state index in [2.05, 4.69) is 4.98 Å². The van der Waals surface area contributed by atoms with Gasteiger partial charge in [-0.25, -0.2) is 4.79 Å². The average Bonchev–Trinajstić information content (AvgIpc) is 3.17. The van der Waals surface area contributed by atoms with Crippen LogP contribution >= 0.6 is 0 Å². The van der Waals surface area contributed by atoms with Crippen molar-refractivity contribution < 1.29 is 29.0 Å². The van der Waals surface area contributed by atoms with Crippen molar-refractivity contribution in [3.8, 4) is 5.75 Å². The molecule has 1 fully saturated rings. The summed E-state index contributed by atoms with van der Waals surface area (Å²) < 4.78 is 10.8. The normalized spacial score (nSPS) is 16.6. The van der Waals surface area contributed by atoms with E-state index in [0.717, 1.165) is 5.56 Å². The first-order chi connectivity index (χ1) is 19.0. The number of pyridine rings is 1. The molecule has 1 unspecified atom stereocenters. The molecule has 1 aliphatic rings. The number of aliphatic hydroxyl groups excluding tert-OH is 1. The number of benzene rings is 2. The minimum absolute atomic E-state index is 0.00176. The summed E-state index contributed by atoms with van der Waals surface area (Å²) in [5.41, 5.74) is 3.73. The minimum atomic E-state index is -0.858. The SMILES string of the molecule is COc1cc(C)c(/C(O)=C2\C(=O)C(=O)N(Cc3ccc(C(=O)OC(C)C)cc3)C2c2cccnc2)cc1C(C)C. The first-order valence-electron chi connectivity index (χ1n) is 13.2. The van der Waals surface area contributed by atoms with Gasteiger partial charge in [-0.2, -0.15) is 0 Å². The number of carbonyl (C=O) groups is 3. The Balaban J connectivity index is 1.79. The number of ether oxygens (including phenoxy) is 2. The third-order valence-electron chi connectivity index (χ3n) is 6.88. The van der Waals surface area contributed by atoms with Gasteiger partial charge in [0.25, 0.3) is 11.7 Å². The summed E-state index contributed by atoms with van der Waals surface area (Å²) in [5.74, 6) is -1.40. The predicted molar refractivity (Wildman–Crippen MR) is 151 cm³/mol. The van der Waals surface area contributed by atoms with Crippen LogP contribution in [0.3, 0.4) is 0 Å². The van der Waals surface area contributed by atoms with Gasteiger partial charge in [-0.3, -0.25) is 14.6 Å². The highest BCUT2D eigenvalue weighted by molar-refractivity contribution is 6.46. The molecule has 2 heterocycles. The fourth-order valence-corrected chi connectivity index (χ4v) is 4.88. The molecule has 1 aromatic heterocycles. The Morgan fingerprint density at radius 2 is 1.77 bits per heavy atom. The summed E-state index contributed by atoms with van der Waals surface area (Å²) >= 11 is 0. The number of likely N-dealkylation sites (tertiary alicyclic amines) is 1. The molecule has 1 aliphatic heterocycles. The Bertz CT molecular complexity index is 1460. The molecule has 0 bridgehead atoms. The Labute approximate surface area is 234 Å². The summed E-state index contributed by atoms with van der Waals surface area (Å²) in [5, 5.41) is 11.6. The van der Waals surface area contributed by atoms with E-state index in [1.165, 1.54) is 4.90 Å². The number of aryl methyl sites for hydroxylation is 1. The number of hydrogen-bond acceptors (Lipinski definition) is 7. The van der Waals surface area contributed by atoms with Crippen molar-refractivity contribution in [2.24, 2.45) is 0 Å². The molecule has 40 heavy (non-hydrogen) atoms. The lowest BCUT2D eigenvalue weighted by Gasteiger charge is -2.25. The number of hydrogen-bond donors (Lipinski definition) is 1. The number of carbonyl (C=O) groups excluding carboxylic acids is 3. The van der Waals surface area contributed by atoms with E-state index in [9.17, 15) is 19.5 Å². The largest absolute Gasteiger partial charge is 0.507 e. The van der Waals surface area contributed by atoms with Gasteiger partial charge in [-0.05, 0) is 79.3 Å². The van der Waals surface area contributed by atoms with Crippen molar-refractivity contribution in [3.05, 3.63) is 99.9 Å². The summed E-state index contributed by atoms with van der Waals surface area (Å²) in [6.07, 6.45) is 2.94. The van der Waals surface area contributed by atoms with Gasteiger partial charge in [0.2, 0.25) is 0 Å². The molecule has 0 radical (unpaired) electrons. The molecule has 2 aromatic carbocycles. The zero-order chi connectivity index (χ0) is 29.1. The first-order valence-corrected chi connectivity index (χ1v) is 13.2. The third-order valence-corrected chi connectivity index (χ3v) is 6.88. The second kappa shape index (κ2) is 11.7. The van der Waals surface area contributed by atoms with Crippen molar-refractivity contribution >= 4 is 23.4 Å². The van der Waals surface area contributed by atoms with Gasteiger partial charge in [0.05, 0.1) is 30.4 Å². The minimum Gasteiger partial charge on any atom is -0.507 e. The van der Waals surface area contributed by atoms with Crippen LogP contribution in [0.4, 0.5) is 0 Å². The van der Waals surface area contributed by atoms with Crippen LogP contribution in [-0.2, 0) is 20.9 Å². The van der Waals surface area contributed by atoms with Gasteiger partial charge >= 0.3 is 5.97 Å². The average molecular weight is 543 g/mol. The van der Waals surface area contributed by atoms with Crippen LogP contribution in [0.2, 0.25) is 0 Å². The summed E-state index contributed by atoms with van der Waals surface area (Å²) in [4.78, 5) is 44.8. The Hall–Kier alpha value is -4.46. The highest BCUT2D eigenvalue weighted by atomic mass is 16.5. The number of rotatable bonds is 8. The van der Waals surface area contributed by atoms with E-state index in [1.807, 2.05) is 32.9 Å². The van der Waals surface area contributed by atoms with Gasteiger partial charge in [0, 0.05) is 24.5 Å². The second-order valence-corrected chi connectivity index (χ2v) is 10.4. The molecule has 1 amide bonds. The lowest BCUT2D eigenvalue weighted by molar-refractivity contribution is -0.140. The molecule has 1 saturated heterocycles. The van der Waals surface area contributed by atoms with E-state index in [0.29, 0.717) is 33.6 Å². The Morgan fingerprint density at radius 3 is 2.35 bits per heavy atom. The van der Waals surface area contributed by atoms with Crippen LogP contribution in [0.5, 0.6) is 5.75 Å². The molecule has 1 N–H and O–H groups in total. The molecular formula is C32H34N2O6. The van der Waals surface area contributed by atoms with Gasteiger partial charge in [-0.15, -0.1) is 0 Å². The van der Waals surface area contributed by atoms with Crippen molar-refractivity contribution in [1.82, 2.24) is 9.88 Å². The molecule has 0 aliphatic carbocycles. The van der Waals surface area contributed by atoms with E-state index in [1.54, 1.807) is 69.7 Å². The number of aromatic nitrogens is 1. The van der Waals surface area contributed by atoms with Crippen LogP contribution in [0.15, 0.2) is 66.5 Å². The van der Waals surface area contributed by atoms with E-state index < -0.39 is 23.7 Å². The molecule has 1 atom stereocenters. The fraction of sp³-hybridized carbons (Fsp3) is 0.312.